The Morgan fingerprint density at radius 3 is 2.50 bits per heavy atom. The molecule has 0 aromatic carbocycles. The lowest BCUT2D eigenvalue weighted by molar-refractivity contribution is -0.125. The molecule has 3 rings (SSSR count). The van der Waals surface area contributed by atoms with Crippen LogP contribution in [0, 0.1) is 17.3 Å². The van der Waals surface area contributed by atoms with Crippen molar-refractivity contribution in [2.24, 2.45) is 23.0 Å². The Morgan fingerprint density at radius 1 is 1.25 bits per heavy atom. The van der Waals surface area contributed by atoms with Crippen LogP contribution in [0.25, 0.3) is 0 Å². The summed E-state index contributed by atoms with van der Waals surface area (Å²) in [5.74, 6) is 1.39. The van der Waals surface area contributed by atoms with E-state index in [0.717, 1.165) is 31.7 Å². The summed E-state index contributed by atoms with van der Waals surface area (Å²) < 4.78 is 0. The van der Waals surface area contributed by atoms with Gasteiger partial charge >= 0.3 is 0 Å². The highest BCUT2D eigenvalue weighted by molar-refractivity contribution is 5.79. The van der Waals surface area contributed by atoms with E-state index >= 15 is 0 Å². The predicted octanol–water partition coefficient (Wildman–Crippen LogP) is 1.42. The van der Waals surface area contributed by atoms with E-state index in [9.17, 15) is 4.79 Å². The molecule has 0 aromatic heterocycles. The van der Waals surface area contributed by atoms with Crippen LogP contribution in [0.15, 0.2) is 0 Å². The third-order valence-corrected chi connectivity index (χ3v) is 4.79. The molecule has 1 amide bonds. The Kier molecular flexibility index (Phi) is 2.46. The molecule has 3 saturated carbocycles. The fourth-order valence-corrected chi connectivity index (χ4v) is 3.25. The maximum atomic E-state index is 11.9. The van der Waals surface area contributed by atoms with Crippen LogP contribution in [-0.4, -0.2) is 18.5 Å². The van der Waals surface area contributed by atoms with Crippen LogP contribution in [-0.2, 0) is 4.79 Å². The summed E-state index contributed by atoms with van der Waals surface area (Å²) >= 11 is 0. The van der Waals surface area contributed by atoms with E-state index < -0.39 is 0 Å². The lowest BCUT2D eigenvalue weighted by Gasteiger charge is -2.17. The molecule has 3 N–H and O–H groups in total. The number of hydrogen-bond acceptors (Lipinski definition) is 2. The molecule has 3 heteroatoms. The van der Waals surface area contributed by atoms with Crippen LogP contribution in [0.4, 0.5) is 0 Å². The fourth-order valence-electron chi connectivity index (χ4n) is 3.25. The highest BCUT2D eigenvalue weighted by Crippen LogP contribution is 2.60. The number of carbonyl (C=O) groups is 1. The first-order valence-electron chi connectivity index (χ1n) is 6.73. The zero-order valence-corrected chi connectivity index (χ0v) is 9.87. The fraction of sp³-hybridized carbons (Fsp3) is 0.923. The number of hydrogen-bond donors (Lipinski definition) is 2. The Labute approximate surface area is 97.2 Å². The maximum absolute atomic E-state index is 11.9. The van der Waals surface area contributed by atoms with Gasteiger partial charge in [-0.1, -0.05) is 0 Å². The molecular formula is C13H22N2O. The van der Waals surface area contributed by atoms with Gasteiger partial charge in [-0.05, 0) is 56.3 Å². The van der Waals surface area contributed by atoms with Gasteiger partial charge in [-0.2, -0.15) is 0 Å². The summed E-state index contributed by atoms with van der Waals surface area (Å²) in [5, 5.41) is 3.17. The van der Waals surface area contributed by atoms with Crippen LogP contribution in [0.3, 0.4) is 0 Å². The van der Waals surface area contributed by atoms with Gasteiger partial charge in [0, 0.05) is 18.5 Å². The molecule has 0 aliphatic heterocycles. The van der Waals surface area contributed by atoms with E-state index in [2.05, 4.69) is 5.32 Å². The SMILES string of the molecule is NC1CCC(C(=O)NCC2(C3CC3)CC2)C1. The van der Waals surface area contributed by atoms with E-state index in [1.807, 2.05) is 0 Å². The second-order valence-corrected chi connectivity index (χ2v) is 6.12. The van der Waals surface area contributed by atoms with Crippen molar-refractivity contribution < 1.29 is 4.79 Å². The Hall–Kier alpha value is -0.570. The first-order valence-corrected chi connectivity index (χ1v) is 6.73. The maximum Gasteiger partial charge on any atom is 0.223 e. The average Bonchev–Trinajstić information content (AvgIpc) is 3.14. The second kappa shape index (κ2) is 3.73. The van der Waals surface area contributed by atoms with E-state index in [-0.39, 0.29) is 17.9 Å². The van der Waals surface area contributed by atoms with Gasteiger partial charge in [0.15, 0.2) is 0 Å². The van der Waals surface area contributed by atoms with Crippen molar-refractivity contribution >= 4 is 5.91 Å². The van der Waals surface area contributed by atoms with Gasteiger partial charge in [-0.15, -0.1) is 0 Å². The molecule has 16 heavy (non-hydrogen) atoms. The molecule has 0 aromatic rings. The summed E-state index contributed by atoms with van der Waals surface area (Å²) in [7, 11) is 0. The molecule has 0 heterocycles. The topological polar surface area (TPSA) is 55.1 Å². The van der Waals surface area contributed by atoms with E-state index in [1.165, 1.54) is 25.7 Å². The van der Waals surface area contributed by atoms with Crippen molar-refractivity contribution in [2.75, 3.05) is 6.54 Å². The van der Waals surface area contributed by atoms with Crippen molar-refractivity contribution in [3.8, 4) is 0 Å². The summed E-state index contributed by atoms with van der Waals surface area (Å²) in [6, 6.07) is 0.258. The van der Waals surface area contributed by atoms with Gasteiger partial charge < -0.3 is 11.1 Å². The number of nitrogens with two attached hydrogens (primary N) is 1. The monoisotopic (exact) mass is 222 g/mol. The van der Waals surface area contributed by atoms with E-state index in [1.54, 1.807) is 0 Å². The normalized spacial score (nSPS) is 36.1. The Balaban J connectivity index is 1.46. The molecule has 90 valence electrons. The van der Waals surface area contributed by atoms with Gasteiger partial charge in [0.25, 0.3) is 0 Å². The van der Waals surface area contributed by atoms with Crippen LogP contribution in [0.1, 0.15) is 44.9 Å². The number of amides is 1. The van der Waals surface area contributed by atoms with Gasteiger partial charge in [0.05, 0.1) is 0 Å². The van der Waals surface area contributed by atoms with Crippen LogP contribution in [0.2, 0.25) is 0 Å². The summed E-state index contributed by atoms with van der Waals surface area (Å²) in [6.07, 6.45) is 8.36. The standard InChI is InChI=1S/C13H22N2O/c14-11-4-1-9(7-11)12(16)15-8-13(5-6-13)10-2-3-10/h9-11H,1-8,14H2,(H,15,16). The van der Waals surface area contributed by atoms with Crippen LogP contribution >= 0.6 is 0 Å². The third kappa shape index (κ3) is 1.97. The van der Waals surface area contributed by atoms with Crippen LogP contribution in [0.5, 0.6) is 0 Å². The predicted molar refractivity (Wildman–Crippen MR) is 62.7 cm³/mol. The van der Waals surface area contributed by atoms with Crippen molar-refractivity contribution in [1.29, 1.82) is 0 Å². The lowest BCUT2D eigenvalue weighted by atomic mass is 10.00. The Bertz CT molecular complexity index is 294. The molecule has 2 unspecified atom stereocenters. The minimum Gasteiger partial charge on any atom is -0.355 e. The van der Waals surface area contributed by atoms with Gasteiger partial charge in [0.1, 0.15) is 0 Å². The largest absolute Gasteiger partial charge is 0.355 e. The summed E-state index contributed by atoms with van der Waals surface area (Å²) in [6.45, 7) is 0.933. The van der Waals surface area contributed by atoms with Crippen molar-refractivity contribution in [3.05, 3.63) is 0 Å². The smallest absolute Gasteiger partial charge is 0.223 e. The van der Waals surface area contributed by atoms with E-state index in [0.29, 0.717) is 5.41 Å². The van der Waals surface area contributed by atoms with Crippen molar-refractivity contribution in [2.45, 2.75) is 51.0 Å². The molecule has 2 atom stereocenters. The average molecular weight is 222 g/mol. The van der Waals surface area contributed by atoms with Gasteiger partial charge in [-0.25, -0.2) is 0 Å². The molecule has 3 nitrogen and oxygen atoms in total. The number of carbonyl (C=O) groups excluding carboxylic acids is 1. The van der Waals surface area contributed by atoms with Gasteiger partial charge in [0.2, 0.25) is 5.91 Å². The van der Waals surface area contributed by atoms with Crippen molar-refractivity contribution in [1.82, 2.24) is 5.32 Å². The molecule has 0 spiro atoms. The third-order valence-electron chi connectivity index (χ3n) is 4.79. The van der Waals surface area contributed by atoms with Crippen molar-refractivity contribution in [3.63, 3.8) is 0 Å². The quantitative estimate of drug-likeness (QED) is 0.756. The second-order valence-electron chi connectivity index (χ2n) is 6.12. The number of nitrogens with one attached hydrogen (secondary N) is 1. The zero-order valence-electron chi connectivity index (χ0n) is 9.87. The minimum atomic E-state index is 0.199. The molecule has 3 aliphatic rings. The molecule has 0 bridgehead atoms. The highest BCUT2D eigenvalue weighted by Gasteiger charge is 2.53. The molecule has 3 aliphatic carbocycles. The number of rotatable bonds is 4. The van der Waals surface area contributed by atoms with Crippen LogP contribution < -0.4 is 11.1 Å². The summed E-state index contributed by atoms with van der Waals surface area (Å²) in [4.78, 5) is 11.9. The molecule has 3 fully saturated rings. The lowest BCUT2D eigenvalue weighted by Crippen LogP contribution is -2.35. The minimum absolute atomic E-state index is 0.199. The summed E-state index contributed by atoms with van der Waals surface area (Å²) in [5.41, 5.74) is 6.36. The highest BCUT2D eigenvalue weighted by atomic mass is 16.1. The van der Waals surface area contributed by atoms with E-state index in [4.69, 9.17) is 5.73 Å². The molecular weight excluding hydrogens is 200 g/mol. The first-order chi connectivity index (χ1) is 7.70. The molecule has 0 radical (unpaired) electrons. The first kappa shape index (κ1) is 10.6. The zero-order chi connectivity index (χ0) is 11.2. The molecule has 0 saturated heterocycles. The van der Waals surface area contributed by atoms with Gasteiger partial charge in [-0.3, -0.25) is 4.79 Å². The Morgan fingerprint density at radius 2 is 2.00 bits per heavy atom.